The molecule has 0 saturated carbocycles. The topological polar surface area (TPSA) is 83.6 Å². The Morgan fingerprint density at radius 1 is 1.07 bits per heavy atom. The summed E-state index contributed by atoms with van der Waals surface area (Å²) in [5, 5.41) is 5.64. The van der Waals surface area contributed by atoms with E-state index in [1.807, 2.05) is 27.9 Å². The summed E-state index contributed by atoms with van der Waals surface area (Å²) in [5.74, 6) is 0.172. The molecule has 2 N–H and O–H groups in total. The van der Waals surface area contributed by atoms with Gasteiger partial charge in [-0.05, 0) is 71.2 Å². The smallest absolute Gasteiger partial charge is 0.257 e. The highest BCUT2D eigenvalue weighted by Crippen LogP contribution is 2.17. The first-order valence-electron chi connectivity index (χ1n) is 9.31. The van der Waals surface area contributed by atoms with E-state index < -0.39 is 0 Å². The van der Waals surface area contributed by atoms with Gasteiger partial charge in [-0.15, -0.1) is 0 Å². The monoisotopic (exact) mass is 384 g/mol. The van der Waals surface area contributed by atoms with Gasteiger partial charge >= 0.3 is 0 Å². The number of nitrogens with zero attached hydrogens (tertiary/aromatic N) is 2. The lowest BCUT2D eigenvalue weighted by Gasteiger charge is -2.11. The van der Waals surface area contributed by atoms with E-state index in [9.17, 15) is 9.59 Å². The molecule has 1 aromatic heterocycles. The average Bonchev–Trinajstić information content (AvgIpc) is 2.66. The number of hydrogen-bond donors (Lipinski definition) is 2. The van der Waals surface area contributed by atoms with Crippen LogP contribution in [0, 0.1) is 0 Å². The summed E-state index contributed by atoms with van der Waals surface area (Å²) in [5.41, 5.74) is 1.32. The predicted octanol–water partition coefficient (Wildman–Crippen LogP) is 2.80. The van der Waals surface area contributed by atoms with Crippen LogP contribution in [0.25, 0.3) is 0 Å². The Labute approximate surface area is 166 Å². The SMILES string of the molecule is CC(C)Oc1ccc(NC(=O)c2cncc(C(=O)NCCCN(C)C)c2)cc1. The molecule has 0 radical (unpaired) electrons. The molecule has 150 valence electrons. The van der Waals surface area contributed by atoms with Crippen LogP contribution in [0.4, 0.5) is 5.69 Å². The zero-order valence-electron chi connectivity index (χ0n) is 16.9. The third kappa shape index (κ3) is 7.00. The highest BCUT2D eigenvalue weighted by molar-refractivity contribution is 6.05. The number of hydrogen-bond acceptors (Lipinski definition) is 5. The summed E-state index contributed by atoms with van der Waals surface area (Å²) in [7, 11) is 3.97. The Balaban J connectivity index is 1.95. The number of nitrogens with one attached hydrogen (secondary N) is 2. The average molecular weight is 384 g/mol. The van der Waals surface area contributed by atoms with Crippen LogP contribution in [0.5, 0.6) is 5.75 Å². The van der Waals surface area contributed by atoms with Crippen molar-refractivity contribution in [2.24, 2.45) is 0 Å². The highest BCUT2D eigenvalue weighted by Gasteiger charge is 2.12. The van der Waals surface area contributed by atoms with Crippen LogP contribution in [0.2, 0.25) is 0 Å². The number of ether oxygens (including phenoxy) is 1. The van der Waals surface area contributed by atoms with Gasteiger partial charge in [-0.2, -0.15) is 0 Å². The van der Waals surface area contributed by atoms with Gasteiger partial charge in [-0.3, -0.25) is 14.6 Å². The summed E-state index contributed by atoms with van der Waals surface area (Å²) in [6.45, 7) is 5.36. The van der Waals surface area contributed by atoms with Crippen LogP contribution in [0.1, 0.15) is 41.0 Å². The maximum absolute atomic E-state index is 12.5. The molecule has 0 bridgehead atoms. The molecule has 0 fully saturated rings. The Bertz CT molecular complexity index is 788. The quantitative estimate of drug-likeness (QED) is 0.650. The van der Waals surface area contributed by atoms with Crippen molar-refractivity contribution in [1.29, 1.82) is 0 Å². The maximum atomic E-state index is 12.5. The van der Waals surface area contributed by atoms with Gasteiger partial charge in [0, 0.05) is 24.6 Å². The van der Waals surface area contributed by atoms with Crippen molar-refractivity contribution in [3.05, 3.63) is 53.9 Å². The Morgan fingerprint density at radius 2 is 1.71 bits per heavy atom. The standard InChI is InChI=1S/C21H28N4O3/c1-15(2)28-19-8-6-18(7-9-19)24-21(27)17-12-16(13-22-14-17)20(26)23-10-5-11-25(3)4/h6-9,12-15H,5,10-11H2,1-4H3,(H,23,26)(H,24,27). The molecule has 1 aromatic carbocycles. The molecule has 0 atom stereocenters. The molecular formula is C21H28N4O3. The van der Waals surface area contributed by atoms with E-state index in [4.69, 9.17) is 4.74 Å². The number of benzene rings is 1. The minimum absolute atomic E-state index is 0.0864. The van der Waals surface area contributed by atoms with Crippen LogP contribution in [0.15, 0.2) is 42.7 Å². The summed E-state index contributed by atoms with van der Waals surface area (Å²) in [4.78, 5) is 30.8. The van der Waals surface area contributed by atoms with Crippen molar-refractivity contribution in [2.45, 2.75) is 26.4 Å². The molecule has 0 aliphatic carbocycles. The van der Waals surface area contributed by atoms with E-state index in [2.05, 4.69) is 20.5 Å². The lowest BCUT2D eigenvalue weighted by molar-refractivity contribution is 0.0952. The number of aromatic nitrogens is 1. The van der Waals surface area contributed by atoms with Crippen LogP contribution >= 0.6 is 0 Å². The molecule has 28 heavy (non-hydrogen) atoms. The molecular weight excluding hydrogens is 356 g/mol. The van der Waals surface area contributed by atoms with Crippen LogP contribution < -0.4 is 15.4 Å². The van der Waals surface area contributed by atoms with Gasteiger partial charge in [0.1, 0.15) is 5.75 Å². The van der Waals surface area contributed by atoms with Crippen molar-refractivity contribution in [2.75, 3.05) is 32.5 Å². The summed E-state index contributed by atoms with van der Waals surface area (Å²) >= 11 is 0. The zero-order chi connectivity index (χ0) is 20.5. The number of carbonyl (C=O) groups is 2. The number of pyridine rings is 1. The van der Waals surface area contributed by atoms with Crippen molar-refractivity contribution in [3.63, 3.8) is 0 Å². The summed E-state index contributed by atoms with van der Waals surface area (Å²) in [6.07, 6.45) is 3.83. The maximum Gasteiger partial charge on any atom is 0.257 e. The normalized spacial score (nSPS) is 10.8. The molecule has 2 rings (SSSR count). The molecule has 2 aromatic rings. The fraction of sp³-hybridized carbons (Fsp3) is 0.381. The zero-order valence-corrected chi connectivity index (χ0v) is 16.9. The second-order valence-electron chi connectivity index (χ2n) is 7.02. The predicted molar refractivity (Wildman–Crippen MR) is 110 cm³/mol. The van der Waals surface area contributed by atoms with Gasteiger partial charge in [-0.1, -0.05) is 0 Å². The number of amides is 2. The van der Waals surface area contributed by atoms with Crippen molar-refractivity contribution >= 4 is 17.5 Å². The van der Waals surface area contributed by atoms with Gasteiger partial charge in [0.2, 0.25) is 0 Å². The fourth-order valence-electron chi connectivity index (χ4n) is 2.48. The lowest BCUT2D eigenvalue weighted by atomic mass is 10.1. The summed E-state index contributed by atoms with van der Waals surface area (Å²) < 4.78 is 5.58. The third-order valence-electron chi connectivity index (χ3n) is 3.81. The number of anilines is 1. The minimum Gasteiger partial charge on any atom is -0.491 e. The third-order valence-corrected chi connectivity index (χ3v) is 3.81. The highest BCUT2D eigenvalue weighted by atomic mass is 16.5. The lowest BCUT2D eigenvalue weighted by Crippen LogP contribution is -2.27. The molecule has 0 aliphatic rings. The fourth-order valence-corrected chi connectivity index (χ4v) is 2.48. The van der Waals surface area contributed by atoms with Gasteiger partial charge < -0.3 is 20.3 Å². The second kappa shape index (κ2) is 10.4. The summed E-state index contributed by atoms with van der Waals surface area (Å²) in [6, 6.07) is 8.67. The minimum atomic E-state index is -0.327. The molecule has 1 heterocycles. The Hall–Kier alpha value is -2.93. The van der Waals surface area contributed by atoms with Gasteiger partial charge in [0.15, 0.2) is 0 Å². The van der Waals surface area contributed by atoms with Crippen LogP contribution in [-0.4, -0.2) is 55.0 Å². The molecule has 0 unspecified atom stereocenters. The van der Waals surface area contributed by atoms with Crippen LogP contribution in [0.3, 0.4) is 0 Å². The first-order valence-corrected chi connectivity index (χ1v) is 9.31. The number of rotatable bonds is 9. The van der Waals surface area contributed by atoms with E-state index in [1.165, 1.54) is 12.4 Å². The molecule has 0 spiro atoms. The van der Waals surface area contributed by atoms with E-state index >= 15 is 0 Å². The van der Waals surface area contributed by atoms with Crippen molar-refractivity contribution in [1.82, 2.24) is 15.2 Å². The van der Waals surface area contributed by atoms with E-state index in [0.717, 1.165) is 18.7 Å². The van der Waals surface area contributed by atoms with E-state index in [1.54, 1.807) is 30.3 Å². The molecule has 2 amide bonds. The van der Waals surface area contributed by atoms with E-state index in [-0.39, 0.29) is 17.9 Å². The first kappa shape index (κ1) is 21.4. The Kier molecular flexibility index (Phi) is 7.95. The molecule has 7 heteroatoms. The molecule has 7 nitrogen and oxygen atoms in total. The number of carbonyl (C=O) groups excluding carboxylic acids is 2. The van der Waals surface area contributed by atoms with Gasteiger partial charge in [0.05, 0.1) is 17.2 Å². The first-order chi connectivity index (χ1) is 13.3. The van der Waals surface area contributed by atoms with Gasteiger partial charge in [-0.25, -0.2) is 0 Å². The second-order valence-corrected chi connectivity index (χ2v) is 7.02. The molecule has 0 aliphatic heterocycles. The molecule has 0 saturated heterocycles. The van der Waals surface area contributed by atoms with Crippen LogP contribution in [-0.2, 0) is 0 Å². The largest absolute Gasteiger partial charge is 0.491 e. The van der Waals surface area contributed by atoms with Gasteiger partial charge in [0.25, 0.3) is 11.8 Å². The van der Waals surface area contributed by atoms with E-state index in [0.29, 0.717) is 23.4 Å². The Morgan fingerprint density at radius 3 is 2.32 bits per heavy atom. The van der Waals surface area contributed by atoms with Crippen molar-refractivity contribution < 1.29 is 14.3 Å². The van der Waals surface area contributed by atoms with Crippen molar-refractivity contribution in [3.8, 4) is 5.75 Å².